The number of nitriles is 1. The molecule has 21 heavy (non-hydrogen) atoms. The van der Waals surface area contributed by atoms with E-state index in [0.29, 0.717) is 19.5 Å². The van der Waals surface area contributed by atoms with Gasteiger partial charge in [0.2, 0.25) is 10.0 Å². The van der Waals surface area contributed by atoms with Gasteiger partial charge in [-0.25, -0.2) is 8.42 Å². The summed E-state index contributed by atoms with van der Waals surface area (Å²) in [6, 6.07) is 8.11. The summed E-state index contributed by atoms with van der Waals surface area (Å²) in [5, 5.41) is 17.2. The molecule has 0 aliphatic carbocycles. The molecule has 1 atom stereocenters. The molecule has 8 heteroatoms. The highest BCUT2D eigenvalue weighted by molar-refractivity contribution is 7.89. The Labute approximate surface area is 122 Å². The maximum absolute atomic E-state index is 12.7. The minimum Gasteiger partial charge on any atom is -0.207 e. The molecule has 1 unspecified atom stereocenters. The van der Waals surface area contributed by atoms with Crippen molar-refractivity contribution in [3.63, 3.8) is 0 Å². The molecule has 1 aliphatic rings. The molecule has 0 bridgehead atoms. The lowest BCUT2D eigenvalue weighted by Gasteiger charge is -2.17. The Morgan fingerprint density at radius 1 is 1.24 bits per heavy atom. The first kappa shape index (κ1) is 13.7. The van der Waals surface area contributed by atoms with Crippen LogP contribution in [0.5, 0.6) is 0 Å². The smallest absolute Gasteiger partial charge is 0.207 e. The highest BCUT2D eigenvalue weighted by atomic mass is 32.2. The summed E-state index contributed by atoms with van der Waals surface area (Å²) in [7, 11) is -3.66. The molecule has 1 aliphatic heterocycles. The monoisotopic (exact) mass is 303 g/mol. The highest BCUT2D eigenvalue weighted by Gasteiger charge is 2.35. The van der Waals surface area contributed by atoms with Crippen LogP contribution in [-0.4, -0.2) is 40.8 Å². The van der Waals surface area contributed by atoms with E-state index in [4.69, 9.17) is 5.26 Å². The zero-order chi connectivity index (χ0) is 14.9. The van der Waals surface area contributed by atoms with Crippen LogP contribution in [0.3, 0.4) is 0 Å². The Bertz CT molecular complexity index is 779. The molecule has 0 amide bonds. The lowest BCUT2D eigenvalue weighted by atomic mass is 10.2. The summed E-state index contributed by atoms with van der Waals surface area (Å²) in [6.45, 7) is 0.713. The maximum atomic E-state index is 12.7. The first-order valence-corrected chi connectivity index (χ1v) is 7.92. The van der Waals surface area contributed by atoms with Crippen molar-refractivity contribution in [3.05, 3.63) is 42.2 Å². The second-order valence-corrected chi connectivity index (χ2v) is 6.67. The molecule has 108 valence electrons. The van der Waals surface area contributed by atoms with Crippen molar-refractivity contribution in [2.45, 2.75) is 17.4 Å². The van der Waals surface area contributed by atoms with Gasteiger partial charge in [-0.3, -0.25) is 0 Å². The Balaban J connectivity index is 1.89. The normalized spacial score (nSPS) is 19.5. The molecule has 1 aromatic heterocycles. The van der Waals surface area contributed by atoms with Gasteiger partial charge in [-0.15, -0.1) is 0 Å². The lowest BCUT2D eigenvalue weighted by Crippen LogP contribution is -2.30. The number of hydrogen-bond donors (Lipinski definition) is 0. The van der Waals surface area contributed by atoms with Gasteiger partial charge < -0.3 is 0 Å². The van der Waals surface area contributed by atoms with Gasteiger partial charge in [0.1, 0.15) is 6.07 Å². The lowest BCUT2D eigenvalue weighted by molar-refractivity contribution is 0.402. The molecule has 0 saturated carbocycles. The first-order valence-electron chi connectivity index (χ1n) is 6.48. The topological polar surface area (TPSA) is 91.9 Å². The molecular formula is C13H13N5O2S. The number of aromatic nitrogens is 3. The van der Waals surface area contributed by atoms with E-state index in [1.54, 1.807) is 24.5 Å². The van der Waals surface area contributed by atoms with Crippen molar-refractivity contribution < 1.29 is 8.42 Å². The van der Waals surface area contributed by atoms with Gasteiger partial charge in [-0.1, -0.05) is 12.1 Å². The van der Waals surface area contributed by atoms with Crippen LogP contribution in [0.2, 0.25) is 0 Å². The summed E-state index contributed by atoms with van der Waals surface area (Å²) in [4.78, 5) is 1.59. The van der Waals surface area contributed by atoms with Crippen LogP contribution >= 0.6 is 0 Å². The Kier molecular flexibility index (Phi) is 3.45. The molecule has 0 spiro atoms. The van der Waals surface area contributed by atoms with Gasteiger partial charge in [0.25, 0.3) is 0 Å². The summed E-state index contributed by atoms with van der Waals surface area (Å²) in [5.74, 6) is 0. The van der Waals surface area contributed by atoms with E-state index in [-0.39, 0.29) is 16.5 Å². The standard InChI is InChI=1S/C13H13N5O2S/c14-9-11-3-1-2-4-13(11)21(19,20)17-8-5-12(10-17)18-15-6-7-16-18/h1-4,6-7,12H,5,8,10H2. The van der Waals surface area contributed by atoms with E-state index in [2.05, 4.69) is 10.2 Å². The molecule has 1 aromatic carbocycles. The van der Waals surface area contributed by atoms with Crippen LogP contribution in [0.15, 0.2) is 41.6 Å². The molecule has 0 radical (unpaired) electrons. The van der Waals surface area contributed by atoms with Gasteiger partial charge >= 0.3 is 0 Å². The predicted molar refractivity (Wildman–Crippen MR) is 73.6 cm³/mol. The molecule has 2 aromatic rings. The van der Waals surface area contributed by atoms with E-state index in [1.807, 2.05) is 6.07 Å². The van der Waals surface area contributed by atoms with Crippen molar-refractivity contribution in [3.8, 4) is 6.07 Å². The third kappa shape index (κ3) is 2.41. The Morgan fingerprint density at radius 3 is 2.67 bits per heavy atom. The molecule has 1 fully saturated rings. The van der Waals surface area contributed by atoms with Gasteiger partial charge in [0, 0.05) is 13.1 Å². The molecule has 0 N–H and O–H groups in total. The fourth-order valence-electron chi connectivity index (χ4n) is 2.46. The fraction of sp³-hybridized carbons (Fsp3) is 0.308. The number of rotatable bonds is 3. The van der Waals surface area contributed by atoms with Gasteiger partial charge in [-0.2, -0.15) is 24.6 Å². The van der Waals surface area contributed by atoms with E-state index in [1.165, 1.54) is 21.2 Å². The SMILES string of the molecule is N#Cc1ccccc1S(=O)(=O)N1CCC(n2nccn2)C1. The number of nitrogens with zero attached hydrogens (tertiary/aromatic N) is 5. The van der Waals surface area contributed by atoms with Crippen LogP contribution in [0, 0.1) is 11.3 Å². The van der Waals surface area contributed by atoms with Crippen molar-refractivity contribution in [2.24, 2.45) is 0 Å². The van der Waals surface area contributed by atoms with Gasteiger partial charge in [-0.05, 0) is 18.6 Å². The summed E-state index contributed by atoms with van der Waals surface area (Å²) in [6.07, 6.45) is 3.80. The molecule has 7 nitrogen and oxygen atoms in total. The number of sulfonamides is 1. The summed E-state index contributed by atoms with van der Waals surface area (Å²) in [5.41, 5.74) is 0.165. The van der Waals surface area contributed by atoms with Crippen molar-refractivity contribution in [1.29, 1.82) is 5.26 Å². The molecule has 2 heterocycles. The third-order valence-corrected chi connectivity index (χ3v) is 5.44. The fourth-order valence-corrected chi connectivity index (χ4v) is 4.09. The highest BCUT2D eigenvalue weighted by Crippen LogP contribution is 2.27. The maximum Gasteiger partial charge on any atom is 0.244 e. The summed E-state index contributed by atoms with van der Waals surface area (Å²) < 4.78 is 26.7. The van der Waals surface area contributed by atoms with Crippen molar-refractivity contribution in [1.82, 2.24) is 19.3 Å². The zero-order valence-electron chi connectivity index (χ0n) is 11.1. The van der Waals surface area contributed by atoms with Gasteiger partial charge in [0.05, 0.1) is 28.9 Å². The minimum absolute atomic E-state index is 0.0570. The van der Waals surface area contributed by atoms with Crippen LogP contribution in [0.4, 0.5) is 0 Å². The predicted octanol–water partition coefficient (Wildman–Crippen LogP) is 0.785. The van der Waals surface area contributed by atoms with E-state index in [9.17, 15) is 8.42 Å². The van der Waals surface area contributed by atoms with Crippen LogP contribution in [0.25, 0.3) is 0 Å². The molecular weight excluding hydrogens is 290 g/mol. The van der Waals surface area contributed by atoms with Crippen LogP contribution < -0.4 is 0 Å². The minimum atomic E-state index is -3.66. The average molecular weight is 303 g/mol. The van der Waals surface area contributed by atoms with Crippen molar-refractivity contribution >= 4 is 10.0 Å². The average Bonchev–Trinajstić information content (AvgIpc) is 3.17. The van der Waals surface area contributed by atoms with Crippen LogP contribution in [0.1, 0.15) is 18.0 Å². The van der Waals surface area contributed by atoms with E-state index >= 15 is 0 Å². The third-order valence-electron chi connectivity index (χ3n) is 3.51. The number of hydrogen-bond acceptors (Lipinski definition) is 5. The Morgan fingerprint density at radius 2 is 1.95 bits per heavy atom. The van der Waals surface area contributed by atoms with E-state index < -0.39 is 10.0 Å². The largest absolute Gasteiger partial charge is 0.244 e. The quantitative estimate of drug-likeness (QED) is 0.835. The molecule has 3 rings (SSSR count). The second-order valence-electron chi connectivity index (χ2n) is 4.76. The molecule has 1 saturated heterocycles. The van der Waals surface area contributed by atoms with E-state index in [0.717, 1.165) is 0 Å². The van der Waals surface area contributed by atoms with Crippen molar-refractivity contribution in [2.75, 3.05) is 13.1 Å². The first-order chi connectivity index (χ1) is 10.1. The number of benzene rings is 1. The van der Waals surface area contributed by atoms with Gasteiger partial charge in [0.15, 0.2) is 0 Å². The summed E-state index contributed by atoms with van der Waals surface area (Å²) >= 11 is 0. The Hall–Kier alpha value is -2.24. The van der Waals surface area contributed by atoms with Crippen LogP contribution in [-0.2, 0) is 10.0 Å². The zero-order valence-corrected chi connectivity index (χ0v) is 11.9. The second kappa shape index (κ2) is 5.27.